The van der Waals surface area contributed by atoms with Crippen LogP contribution in [0.2, 0.25) is 0 Å². The molecule has 0 aliphatic carbocycles. The molecule has 3 aliphatic rings. The van der Waals surface area contributed by atoms with Crippen LogP contribution < -0.4 is 10.2 Å². The molecule has 0 bridgehead atoms. The van der Waals surface area contributed by atoms with Crippen LogP contribution in [0.15, 0.2) is 6.20 Å². The predicted molar refractivity (Wildman–Crippen MR) is 86.7 cm³/mol. The van der Waals surface area contributed by atoms with E-state index >= 15 is 0 Å². The molecule has 3 aliphatic heterocycles. The van der Waals surface area contributed by atoms with Gasteiger partial charge in [-0.25, -0.2) is 4.98 Å². The van der Waals surface area contributed by atoms with Gasteiger partial charge in [0.15, 0.2) is 5.13 Å². The maximum absolute atomic E-state index is 11.3. The van der Waals surface area contributed by atoms with E-state index in [1.807, 2.05) is 6.20 Å². The lowest BCUT2D eigenvalue weighted by Crippen LogP contribution is -2.53. The van der Waals surface area contributed by atoms with E-state index in [1.165, 1.54) is 4.88 Å². The third kappa shape index (κ3) is 3.35. The topological polar surface area (TPSA) is 66.9 Å². The zero-order valence-electron chi connectivity index (χ0n) is 13.1. The van der Waals surface area contributed by atoms with Crippen molar-refractivity contribution in [2.75, 3.05) is 57.4 Å². The molecule has 1 aromatic heterocycles. The SMILES string of the molecule is O=C1COC2(CCN(Cc3cnc(N4CCOCC4)s3)C2)CN1. The zero-order valence-corrected chi connectivity index (χ0v) is 13.9. The number of anilines is 1. The average Bonchev–Trinajstić information content (AvgIpc) is 3.20. The Morgan fingerprint density at radius 3 is 3.00 bits per heavy atom. The standard InChI is InChI=1S/C15H22N4O3S/c20-13-9-22-15(10-17-13)1-2-18(11-15)8-12-7-16-14(23-12)19-3-5-21-6-4-19/h7H,1-6,8-11H2,(H,17,20). The highest BCUT2D eigenvalue weighted by Gasteiger charge is 2.42. The summed E-state index contributed by atoms with van der Waals surface area (Å²) < 4.78 is 11.2. The lowest BCUT2D eigenvalue weighted by molar-refractivity contribution is -0.142. The number of morpholine rings is 2. The minimum absolute atomic E-state index is 0.00770. The van der Waals surface area contributed by atoms with Crippen LogP contribution in [0.3, 0.4) is 0 Å². The summed E-state index contributed by atoms with van der Waals surface area (Å²) in [6.45, 7) is 7.01. The number of hydrogen-bond acceptors (Lipinski definition) is 7. The van der Waals surface area contributed by atoms with Gasteiger partial charge in [0, 0.05) is 50.3 Å². The number of ether oxygens (including phenoxy) is 2. The predicted octanol–water partition coefficient (Wildman–Crippen LogP) is 0.0706. The van der Waals surface area contributed by atoms with E-state index in [-0.39, 0.29) is 18.1 Å². The van der Waals surface area contributed by atoms with Gasteiger partial charge in [-0.2, -0.15) is 0 Å². The molecule has 4 rings (SSSR count). The van der Waals surface area contributed by atoms with Crippen LogP contribution >= 0.6 is 11.3 Å². The van der Waals surface area contributed by atoms with Crippen molar-refractivity contribution in [2.45, 2.75) is 18.6 Å². The normalized spacial score (nSPS) is 29.2. The van der Waals surface area contributed by atoms with Crippen LogP contribution in [-0.4, -0.2) is 73.9 Å². The van der Waals surface area contributed by atoms with Crippen LogP contribution in [0, 0.1) is 0 Å². The molecule has 7 nitrogen and oxygen atoms in total. The summed E-state index contributed by atoms with van der Waals surface area (Å²) >= 11 is 1.77. The minimum Gasteiger partial charge on any atom is -0.378 e. The van der Waals surface area contributed by atoms with Crippen molar-refractivity contribution in [1.29, 1.82) is 0 Å². The summed E-state index contributed by atoms with van der Waals surface area (Å²) in [5.41, 5.74) is -0.189. The Kier molecular flexibility index (Phi) is 4.23. The summed E-state index contributed by atoms with van der Waals surface area (Å²) in [6.07, 6.45) is 2.96. The Morgan fingerprint density at radius 2 is 2.22 bits per heavy atom. The molecular weight excluding hydrogens is 316 g/mol. The van der Waals surface area contributed by atoms with Gasteiger partial charge in [0.2, 0.25) is 5.91 Å². The molecular formula is C15H22N4O3S. The highest BCUT2D eigenvalue weighted by molar-refractivity contribution is 7.15. The van der Waals surface area contributed by atoms with Gasteiger partial charge in [-0.3, -0.25) is 9.69 Å². The van der Waals surface area contributed by atoms with Gasteiger partial charge >= 0.3 is 0 Å². The lowest BCUT2D eigenvalue weighted by Gasteiger charge is -2.33. The van der Waals surface area contributed by atoms with Gasteiger partial charge in [0.05, 0.1) is 18.8 Å². The maximum Gasteiger partial charge on any atom is 0.246 e. The van der Waals surface area contributed by atoms with E-state index in [4.69, 9.17) is 9.47 Å². The Morgan fingerprint density at radius 1 is 1.35 bits per heavy atom. The molecule has 0 radical (unpaired) electrons. The minimum atomic E-state index is -0.189. The molecule has 126 valence electrons. The van der Waals surface area contributed by atoms with E-state index in [0.29, 0.717) is 6.54 Å². The first-order valence-corrected chi connectivity index (χ1v) is 8.95. The highest BCUT2D eigenvalue weighted by atomic mass is 32.1. The lowest BCUT2D eigenvalue weighted by atomic mass is 10.0. The molecule has 3 fully saturated rings. The van der Waals surface area contributed by atoms with Crippen LogP contribution in [0.5, 0.6) is 0 Å². The van der Waals surface area contributed by atoms with Crippen molar-refractivity contribution in [3.63, 3.8) is 0 Å². The van der Waals surface area contributed by atoms with Crippen molar-refractivity contribution in [2.24, 2.45) is 0 Å². The van der Waals surface area contributed by atoms with Crippen molar-refractivity contribution >= 4 is 22.4 Å². The Hall–Kier alpha value is -1.22. The van der Waals surface area contributed by atoms with Gasteiger partial charge in [0.1, 0.15) is 6.61 Å². The monoisotopic (exact) mass is 338 g/mol. The molecule has 8 heteroatoms. The number of aromatic nitrogens is 1. The number of hydrogen-bond donors (Lipinski definition) is 1. The molecule has 0 aromatic carbocycles. The second kappa shape index (κ2) is 6.35. The number of rotatable bonds is 3. The molecule has 23 heavy (non-hydrogen) atoms. The molecule has 1 amide bonds. The molecule has 1 atom stereocenters. The van der Waals surface area contributed by atoms with Crippen LogP contribution in [-0.2, 0) is 20.8 Å². The highest BCUT2D eigenvalue weighted by Crippen LogP contribution is 2.30. The summed E-state index contributed by atoms with van der Waals surface area (Å²) in [4.78, 5) is 21.8. The van der Waals surface area contributed by atoms with Crippen molar-refractivity contribution < 1.29 is 14.3 Å². The Bertz CT molecular complexity index is 563. The number of likely N-dealkylation sites (tertiary alicyclic amines) is 1. The molecule has 4 heterocycles. The molecule has 1 N–H and O–H groups in total. The first-order valence-electron chi connectivity index (χ1n) is 8.13. The fourth-order valence-electron chi connectivity index (χ4n) is 3.40. The number of carbonyl (C=O) groups is 1. The number of nitrogens with one attached hydrogen (secondary N) is 1. The average molecular weight is 338 g/mol. The summed E-state index contributed by atoms with van der Waals surface area (Å²) in [5.74, 6) is -0.00770. The van der Waals surface area contributed by atoms with Crippen LogP contribution in [0.25, 0.3) is 0 Å². The van der Waals surface area contributed by atoms with Gasteiger partial charge in [-0.05, 0) is 6.42 Å². The fourth-order valence-corrected chi connectivity index (χ4v) is 4.40. The first kappa shape index (κ1) is 15.3. The first-order chi connectivity index (χ1) is 11.2. The quantitative estimate of drug-likeness (QED) is 0.841. The Labute approximate surface area is 139 Å². The second-order valence-corrected chi connectivity index (χ2v) is 7.51. The summed E-state index contributed by atoms with van der Waals surface area (Å²) in [7, 11) is 0. The molecule has 3 saturated heterocycles. The van der Waals surface area contributed by atoms with E-state index in [9.17, 15) is 4.79 Å². The second-order valence-electron chi connectivity index (χ2n) is 6.42. The number of amides is 1. The third-order valence-electron chi connectivity index (χ3n) is 4.71. The maximum atomic E-state index is 11.3. The molecule has 1 spiro atoms. The summed E-state index contributed by atoms with van der Waals surface area (Å²) in [5, 5.41) is 4.02. The van der Waals surface area contributed by atoms with Crippen molar-refractivity contribution in [1.82, 2.24) is 15.2 Å². The smallest absolute Gasteiger partial charge is 0.246 e. The van der Waals surface area contributed by atoms with E-state index < -0.39 is 0 Å². The molecule has 1 unspecified atom stereocenters. The molecule has 0 saturated carbocycles. The fraction of sp³-hybridized carbons (Fsp3) is 0.733. The number of thiazole rings is 1. The van der Waals surface area contributed by atoms with E-state index in [2.05, 4.69) is 20.1 Å². The number of carbonyl (C=O) groups excluding carboxylic acids is 1. The number of nitrogens with zero attached hydrogens (tertiary/aromatic N) is 3. The van der Waals surface area contributed by atoms with Crippen LogP contribution in [0.1, 0.15) is 11.3 Å². The van der Waals surface area contributed by atoms with Crippen molar-refractivity contribution in [3.05, 3.63) is 11.1 Å². The zero-order chi connectivity index (χ0) is 15.7. The largest absolute Gasteiger partial charge is 0.378 e. The molecule has 1 aromatic rings. The van der Waals surface area contributed by atoms with Gasteiger partial charge < -0.3 is 19.7 Å². The third-order valence-corrected chi connectivity index (χ3v) is 5.76. The van der Waals surface area contributed by atoms with E-state index in [1.54, 1.807) is 11.3 Å². The van der Waals surface area contributed by atoms with Crippen molar-refractivity contribution in [3.8, 4) is 0 Å². The Balaban J connectivity index is 1.34. The van der Waals surface area contributed by atoms with Gasteiger partial charge in [-0.15, -0.1) is 11.3 Å². The van der Waals surface area contributed by atoms with Crippen LogP contribution in [0.4, 0.5) is 5.13 Å². The van der Waals surface area contributed by atoms with E-state index in [0.717, 1.165) is 57.5 Å². The summed E-state index contributed by atoms with van der Waals surface area (Å²) in [6, 6.07) is 0. The van der Waals surface area contributed by atoms with Gasteiger partial charge in [-0.1, -0.05) is 0 Å². The van der Waals surface area contributed by atoms with Gasteiger partial charge in [0.25, 0.3) is 0 Å².